The molecule has 88 valence electrons. The van der Waals surface area contributed by atoms with Crippen LogP contribution < -0.4 is 5.32 Å². The summed E-state index contributed by atoms with van der Waals surface area (Å²) in [6, 6.07) is 4.61. The lowest BCUT2D eigenvalue weighted by Gasteiger charge is -2.24. The summed E-state index contributed by atoms with van der Waals surface area (Å²) in [4.78, 5) is 0. The molecular weight excluding hydrogens is 194 g/mol. The molecule has 0 atom stereocenters. The second-order valence-electron chi connectivity index (χ2n) is 5.05. The molecule has 0 amide bonds. The minimum atomic E-state index is 0.655. The van der Waals surface area contributed by atoms with Gasteiger partial charge in [-0.25, -0.2) is 0 Å². The molecule has 0 fully saturated rings. The summed E-state index contributed by atoms with van der Waals surface area (Å²) in [6.07, 6.45) is 5.26. The summed E-state index contributed by atoms with van der Waals surface area (Å²) < 4.78 is 0. The van der Waals surface area contributed by atoms with Gasteiger partial charge in [-0.1, -0.05) is 19.9 Å². The highest BCUT2D eigenvalue weighted by Crippen LogP contribution is 2.33. The summed E-state index contributed by atoms with van der Waals surface area (Å²) in [6.45, 7) is 7.80. The molecule has 1 aliphatic rings. The Morgan fingerprint density at radius 2 is 1.81 bits per heavy atom. The molecule has 0 heterocycles. The summed E-state index contributed by atoms with van der Waals surface area (Å²) in [7, 11) is 0. The van der Waals surface area contributed by atoms with Gasteiger partial charge in [-0.15, -0.1) is 0 Å². The van der Waals surface area contributed by atoms with E-state index in [1.165, 1.54) is 31.4 Å². The Morgan fingerprint density at radius 1 is 1.12 bits per heavy atom. The van der Waals surface area contributed by atoms with Crippen molar-refractivity contribution in [3.63, 3.8) is 0 Å². The zero-order chi connectivity index (χ0) is 11.5. The van der Waals surface area contributed by atoms with Gasteiger partial charge in [-0.2, -0.15) is 0 Å². The molecule has 1 aliphatic carbocycles. The third-order valence-electron chi connectivity index (χ3n) is 3.56. The SMILES string of the molecule is CCNc1ccc(C(C)C)c2c1CCCC2. The van der Waals surface area contributed by atoms with E-state index in [2.05, 4.69) is 38.2 Å². The second kappa shape index (κ2) is 4.90. The molecule has 16 heavy (non-hydrogen) atoms. The van der Waals surface area contributed by atoms with Crippen molar-refractivity contribution in [3.8, 4) is 0 Å². The standard InChI is InChI=1S/C15H23N/c1-4-16-15-10-9-12(11(2)3)13-7-5-6-8-14(13)15/h9-11,16H,4-8H2,1-3H3. The van der Waals surface area contributed by atoms with Crippen molar-refractivity contribution >= 4 is 5.69 Å². The smallest absolute Gasteiger partial charge is 0.0375 e. The number of fused-ring (bicyclic) bond motifs is 1. The first-order chi connectivity index (χ1) is 7.74. The fourth-order valence-electron chi connectivity index (χ4n) is 2.79. The summed E-state index contributed by atoms with van der Waals surface area (Å²) in [5, 5.41) is 3.50. The predicted octanol–water partition coefficient (Wildman–Crippen LogP) is 4.12. The van der Waals surface area contributed by atoms with Gasteiger partial charge in [0.2, 0.25) is 0 Å². The van der Waals surface area contributed by atoms with Gasteiger partial charge in [-0.05, 0) is 61.3 Å². The van der Waals surface area contributed by atoms with E-state index in [0.29, 0.717) is 5.92 Å². The monoisotopic (exact) mass is 217 g/mol. The van der Waals surface area contributed by atoms with Crippen LogP contribution in [-0.2, 0) is 12.8 Å². The Kier molecular flexibility index (Phi) is 3.52. The average molecular weight is 217 g/mol. The van der Waals surface area contributed by atoms with E-state index < -0.39 is 0 Å². The van der Waals surface area contributed by atoms with Gasteiger partial charge in [0.15, 0.2) is 0 Å². The van der Waals surface area contributed by atoms with Crippen LogP contribution in [-0.4, -0.2) is 6.54 Å². The zero-order valence-corrected chi connectivity index (χ0v) is 10.8. The van der Waals surface area contributed by atoms with Gasteiger partial charge in [0, 0.05) is 12.2 Å². The largest absolute Gasteiger partial charge is 0.385 e. The highest BCUT2D eigenvalue weighted by molar-refractivity contribution is 5.58. The Labute approximate surface area is 99.3 Å². The van der Waals surface area contributed by atoms with Crippen molar-refractivity contribution < 1.29 is 0 Å². The van der Waals surface area contributed by atoms with Crippen molar-refractivity contribution in [1.82, 2.24) is 0 Å². The molecule has 0 bridgehead atoms. The second-order valence-corrected chi connectivity index (χ2v) is 5.05. The highest BCUT2D eigenvalue weighted by atomic mass is 14.9. The topological polar surface area (TPSA) is 12.0 Å². The highest BCUT2D eigenvalue weighted by Gasteiger charge is 2.17. The number of nitrogens with one attached hydrogen (secondary N) is 1. The Hall–Kier alpha value is -0.980. The van der Waals surface area contributed by atoms with Crippen LogP contribution in [0.2, 0.25) is 0 Å². The fraction of sp³-hybridized carbons (Fsp3) is 0.600. The normalized spacial score (nSPS) is 15.0. The Balaban J connectivity index is 2.46. The number of hydrogen-bond donors (Lipinski definition) is 1. The van der Waals surface area contributed by atoms with Crippen molar-refractivity contribution in [3.05, 3.63) is 28.8 Å². The van der Waals surface area contributed by atoms with Crippen molar-refractivity contribution in [2.75, 3.05) is 11.9 Å². The first-order valence-corrected chi connectivity index (χ1v) is 6.62. The fourth-order valence-corrected chi connectivity index (χ4v) is 2.79. The molecule has 2 rings (SSSR count). The molecule has 0 unspecified atom stereocenters. The number of benzene rings is 1. The number of hydrogen-bond acceptors (Lipinski definition) is 1. The minimum absolute atomic E-state index is 0.655. The molecule has 0 saturated carbocycles. The van der Waals surface area contributed by atoms with E-state index in [4.69, 9.17) is 0 Å². The van der Waals surface area contributed by atoms with Gasteiger partial charge in [0.05, 0.1) is 0 Å². The first kappa shape index (κ1) is 11.5. The Bertz CT molecular complexity index is 366. The molecule has 0 aromatic heterocycles. The van der Waals surface area contributed by atoms with Gasteiger partial charge in [0.25, 0.3) is 0 Å². The summed E-state index contributed by atoms with van der Waals surface area (Å²) >= 11 is 0. The van der Waals surface area contributed by atoms with Crippen LogP contribution in [0.25, 0.3) is 0 Å². The molecule has 1 aromatic rings. The molecular formula is C15H23N. The number of anilines is 1. The van der Waals surface area contributed by atoms with Gasteiger partial charge in [0.1, 0.15) is 0 Å². The van der Waals surface area contributed by atoms with Gasteiger partial charge in [-0.3, -0.25) is 0 Å². The molecule has 0 saturated heterocycles. The maximum absolute atomic E-state index is 3.50. The van der Waals surface area contributed by atoms with Crippen LogP contribution in [0.3, 0.4) is 0 Å². The van der Waals surface area contributed by atoms with Gasteiger partial charge < -0.3 is 5.32 Å². The molecule has 0 aliphatic heterocycles. The van der Waals surface area contributed by atoms with E-state index in [1.54, 1.807) is 16.7 Å². The van der Waals surface area contributed by atoms with Crippen LogP contribution in [0.5, 0.6) is 0 Å². The van der Waals surface area contributed by atoms with Crippen molar-refractivity contribution in [2.24, 2.45) is 0 Å². The lowest BCUT2D eigenvalue weighted by atomic mass is 9.83. The van der Waals surface area contributed by atoms with Crippen LogP contribution in [0.1, 0.15) is 56.2 Å². The lowest BCUT2D eigenvalue weighted by molar-refractivity contribution is 0.671. The quantitative estimate of drug-likeness (QED) is 0.803. The average Bonchev–Trinajstić information content (AvgIpc) is 2.29. The zero-order valence-electron chi connectivity index (χ0n) is 10.8. The van der Waals surface area contributed by atoms with Crippen molar-refractivity contribution in [2.45, 2.75) is 52.4 Å². The van der Waals surface area contributed by atoms with E-state index in [-0.39, 0.29) is 0 Å². The Morgan fingerprint density at radius 3 is 2.44 bits per heavy atom. The lowest BCUT2D eigenvalue weighted by Crippen LogP contribution is -2.11. The molecule has 1 nitrogen and oxygen atoms in total. The number of rotatable bonds is 3. The van der Waals surface area contributed by atoms with Crippen LogP contribution in [0.4, 0.5) is 5.69 Å². The predicted molar refractivity (Wildman–Crippen MR) is 71.3 cm³/mol. The maximum Gasteiger partial charge on any atom is 0.0375 e. The van der Waals surface area contributed by atoms with Crippen LogP contribution >= 0.6 is 0 Å². The van der Waals surface area contributed by atoms with E-state index >= 15 is 0 Å². The summed E-state index contributed by atoms with van der Waals surface area (Å²) in [5.41, 5.74) is 6.18. The summed E-state index contributed by atoms with van der Waals surface area (Å²) in [5.74, 6) is 0.655. The molecule has 1 heteroatoms. The molecule has 1 N–H and O–H groups in total. The third-order valence-corrected chi connectivity index (χ3v) is 3.56. The molecule has 1 aromatic carbocycles. The molecule has 0 radical (unpaired) electrons. The van der Waals surface area contributed by atoms with E-state index in [0.717, 1.165) is 6.54 Å². The van der Waals surface area contributed by atoms with E-state index in [9.17, 15) is 0 Å². The van der Waals surface area contributed by atoms with Crippen LogP contribution in [0.15, 0.2) is 12.1 Å². The third kappa shape index (κ3) is 2.09. The van der Waals surface area contributed by atoms with Gasteiger partial charge >= 0.3 is 0 Å². The molecule has 0 spiro atoms. The first-order valence-electron chi connectivity index (χ1n) is 6.62. The van der Waals surface area contributed by atoms with E-state index in [1.807, 2.05) is 0 Å². The van der Waals surface area contributed by atoms with Crippen molar-refractivity contribution in [1.29, 1.82) is 0 Å². The minimum Gasteiger partial charge on any atom is -0.385 e. The van der Waals surface area contributed by atoms with Crippen LogP contribution in [0, 0.1) is 0 Å². The maximum atomic E-state index is 3.50.